The van der Waals surface area contributed by atoms with Gasteiger partial charge in [0, 0.05) is 32.1 Å². The van der Waals surface area contributed by atoms with Crippen molar-refractivity contribution in [2.75, 3.05) is 14.1 Å². The van der Waals surface area contributed by atoms with Crippen molar-refractivity contribution in [2.24, 2.45) is 7.05 Å². The number of fused-ring (bicyclic) bond motifs is 1. The van der Waals surface area contributed by atoms with E-state index in [0.29, 0.717) is 10.4 Å². The highest BCUT2D eigenvalue weighted by Crippen LogP contribution is 2.30. The lowest BCUT2D eigenvalue weighted by atomic mass is 10.1. The molecule has 130 valence electrons. The number of benzene rings is 1. The predicted octanol–water partition coefficient (Wildman–Crippen LogP) is 2.93. The van der Waals surface area contributed by atoms with E-state index in [-0.39, 0.29) is 5.91 Å². The van der Waals surface area contributed by atoms with E-state index in [4.69, 9.17) is 4.74 Å². The number of thiophene rings is 1. The maximum Gasteiger partial charge on any atom is 0.349 e. The van der Waals surface area contributed by atoms with Crippen LogP contribution in [0.2, 0.25) is 0 Å². The number of amides is 1. The van der Waals surface area contributed by atoms with Crippen molar-refractivity contribution >= 4 is 33.4 Å². The molecule has 3 rings (SSSR count). The van der Waals surface area contributed by atoms with Crippen LogP contribution in [0.25, 0.3) is 10.2 Å². The van der Waals surface area contributed by atoms with Gasteiger partial charge in [-0.1, -0.05) is 30.3 Å². The minimum absolute atomic E-state index is 0.279. The molecule has 1 aromatic carbocycles. The number of likely N-dealkylation sites (N-methyl/N-ethyl adjacent to an activating group) is 1. The van der Waals surface area contributed by atoms with Crippen molar-refractivity contribution < 1.29 is 14.3 Å². The Kier molecular flexibility index (Phi) is 4.59. The van der Waals surface area contributed by atoms with E-state index in [0.717, 1.165) is 15.9 Å². The van der Waals surface area contributed by atoms with E-state index in [1.165, 1.54) is 16.2 Å². The lowest BCUT2D eigenvalue weighted by molar-refractivity contribution is -0.138. The van der Waals surface area contributed by atoms with Crippen molar-refractivity contribution in [3.8, 4) is 0 Å². The monoisotopic (exact) mass is 357 g/mol. The lowest BCUT2D eigenvalue weighted by Crippen LogP contribution is -2.31. The number of carbonyl (C=O) groups is 2. The molecule has 6 nitrogen and oxygen atoms in total. The summed E-state index contributed by atoms with van der Waals surface area (Å²) < 4.78 is 7.32. The number of nitrogens with zero attached hydrogens (tertiary/aromatic N) is 3. The van der Waals surface area contributed by atoms with Gasteiger partial charge in [-0.15, -0.1) is 11.3 Å². The van der Waals surface area contributed by atoms with Crippen LogP contribution < -0.4 is 0 Å². The number of esters is 1. The SMILES string of the molecule is Cc1nn(C)c2sc(C(=O)OC(C(=O)N(C)C)c3ccccc3)cc12. The Hall–Kier alpha value is -2.67. The fourth-order valence-corrected chi connectivity index (χ4v) is 3.60. The van der Waals surface area contributed by atoms with Crippen molar-refractivity contribution in [1.82, 2.24) is 14.7 Å². The second-order valence-corrected chi connectivity index (χ2v) is 7.00. The minimum atomic E-state index is -0.965. The first-order valence-electron chi connectivity index (χ1n) is 7.78. The molecule has 0 aliphatic carbocycles. The van der Waals surface area contributed by atoms with Gasteiger partial charge in [0.25, 0.3) is 5.91 Å². The number of aromatic nitrogens is 2. The topological polar surface area (TPSA) is 64.4 Å². The molecule has 0 aliphatic rings. The summed E-state index contributed by atoms with van der Waals surface area (Å²) in [5.74, 6) is -0.789. The first-order valence-corrected chi connectivity index (χ1v) is 8.60. The highest BCUT2D eigenvalue weighted by Gasteiger charge is 2.28. The highest BCUT2D eigenvalue weighted by atomic mass is 32.1. The Morgan fingerprint density at radius 3 is 2.52 bits per heavy atom. The molecule has 0 radical (unpaired) electrons. The van der Waals surface area contributed by atoms with Crippen LogP contribution >= 0.6 is 11.3 Å². The summed E-state index contributed by atoms with van der Waals surface area (Å²) in [5, 5.41) is 5.25. The third-order valence-electron chi connectivity index (χ3n) is 3.89. The maximum absolute atomic E-state index is 12.6. The lowest BCUT2D eigenvalue weighted by Gasteiger charge is -2.20. The molecule has 2 heterocycles. The molecule has 1 unspecified atom stereocenters. The molecular weight excluding hydrogens is 338 g/mol. The summed E-state index contributed by atoms with van der Waals surface area (Å²) >= 11 is 1.31. The van der Waals surface area contributed by atoms with Gasteiger partial charge in [0.1, 0.15) is 9.71 Å². The number of rotatable bonds is 4. The van der Waals surface area contributed by atoms with E-state index in [2.05, 4.69) is 5.10 Å². The fraction of sp³-hybridized carbons (Fsp3) is 0.278. The Bertz CT molecular complexity index is 893. The molecule has 7 heteroatoms. The predicted molar refractivity (Wildman–Crippen MR) is 96.6 cm³/mol. The van der Waals surface area contributed by atoms with Gasteiger partial charge < -0.3 is 9.64 Å². The zero-order chi connectivity index (χ0) is 18.1. The van der Waals surface area contributed by atoms with Crippen LogP contribution in [-0.4, -0.2) is 40.7 Å². The minimum Gasteiger partial charge on any atom is -0.443 e. The molecule has 2 aromatic heterocycles. The summed E-state index contributed by atoms with van der Waals surface area (Å²) in [4.78, 5) is 27.9. The van der Waals surface area contributed by atoms with Crippen LogP contribution in [-0.2, 0) is 16.6 Å². The first-order chi connectivity index (χ1) is 11.9. The summed E-state index contributed by atoms with van der Waals surface area (Å²) in [5.41, 5.74) is 1.50. The molecule has 3 aromatic rings. The summed E-state index contributed by atoms with van der Waals surface area (Å²) in [6, 6.07) is 10.8. The molecule has 0 aliphatic heterocycles. The van der Waals surface area contributed by atoms with Gasteiger partial charge >= 0.3 is 5.97 Å². The number of hydrogen-bond donors (Lipinski definition) is 0. The Labute approximate surface area is 149 Å². The van der Waals surface area contributed by atoms with Crippen LogP contribution in [0.15, 0.2) is 36.4 Å². The smallest absolute Gasteiger partial charge is 0.349 e. The normalized spacial score (nSPS) is 12.2. The maximum atomic E-state index is 12.6. The van der Waals surface area contributed by atoms with E-state index in [1.807, 2.05) is 32.2 Å². The van der Waals surface area contributed by atoms with Crippen molar-refractivity contribution in [3.63, 3.8) is 0 Å². The van der Waals surface area contributed by atoms with Gasteiger partial charge in [-0.05, 0) is 13.0 Å². The Morgan fingerprint density at radius 1 is 1.24 bits per heavy atom. The zero-order valence-corrected chi connectivity index (χ0v) is 15.3. The number of ether oxygens (including phenoxy) is 1. The standard InChI is InChI=1S/C18H19N3O3S/c1-11-13-10-14(25-17(13)21(4)19-11)18(23)24-15(16(22)20(2)3)12-8-6-5-7-9-12/h5-10,15H,1-4H3. The molecule has 0 saturated heterocycles. The van der Waals surface area contributed by atoms with Crippen molar-refractivity contribution in [3.05, 3.63) is 52.5 Å². The van der Waals surface area contributed by atoms with Crippen molar-refractivity contribution in [1.29, 1.82) is 0 Å². The van der Waals surface area contributed by atoms with Crippen molar-refractivity contribution in [2.45, 2.75) is 13.0 Å². The molecular formula is C18H19N3O3S. The number of aryl methyl sites for hydroxylation is 2. The van der Waals surface area contributed by atoms with Crippen LogP contribution in [0, 0.1) is 6.92 Å². The Balaban J connectivity index is 1.91. The van der Waals surface area contributed by atoms with E-state index in [1.54, 1.807) is 37.0 Å². The van der Waals surface area contributed by atoms with Gasteiger partial charge in [-0.25, -0.2) is 4.79 Å². The first kappa shape index (κ1) is 17.2. The molecule has 1 amide bonds. The second kappa shape index (κ2) is 6.68. The third kappa shape index (κ3) is 3.28. The number of hydrogen-bond acceptors (Lipinski definition) is 5. The average molecular weight is 357 g/mol. The van der Waals surface area contributed by atoms with Crippen LogP contribution in [0.3, 0.4) is 0 Å². The summed E-state index contributed by atoms with van der Waals surface area (Å²) in [7, 11) is 5.12. The molecule has 1 atom stereocenters. The van der Waals surface area contributed by atoms with Gasteiger partial charge in [0.2, 0.25) is 6.10 Å². The quantitative estimate of drug-likeness (QED) is 0.674. The molecule has 0 N–H and O–H groups in total. The largest absolute Gasteiger partial charge is 0.443 e. The highest BCUT2D eigenvalue weighted by molar-refractivity contribution is 7.20. The summed E-state index contributed by atoms with van der Waals surface area (Å²) in [6.07, 6.45) is -0.965. The number of carbonyl (C=O) groups excluding carboxylic acids is 2. The van der Waals surface area contributed by atoms with Gasteiger partial charge in [-0.3, -0.25) is 9.48 Å². The van der Waals surface area contributed by atoms with Gasteiger partial charge in [0.05, 0.1) is 5.69 Å². The molecule has 0 bridgehead atoms. The van der Waals surface area contributed by atoms with E-state index in [9.17, 15) is 9.59 Å². The van der Waals surface area contributed by atoms with Gasteiger partial charge in [-0.2, -0.15) is 5.10 Å². The fourth-order valence-electron chi connectivity index (χ4n) is 2.59. The van der Waals surface area contributed by atoms with Crippen LogP contribution in [0.1, 0.15) is 27.0 Å². The van der Waals surface area contributed by atoms with Crippen LogP contribution in [0.5, 0.6) is 0 Å². The third-order valence-corrected chi connectivity index (χ3v) is 5.07. The molecule has 0 spiro atoms. The van der Waals surface area contributed by atoms with E-state index < -0.39 is 12.1 Å². The van der Waals surface area contributed by atoms with E-state index >= 15 is 0 Å². The molecule has 0 fully saturated rings. The molecule has 25 heavy (non-hydrogen) atoms. The van der Waals surface area contributed by atoms with Crippen LogP contribution in [0.4, 0.5) is 0 Å². The second-order valence-electron chi connectivity index (χ2n) is 5.97. The Morgan fingerprint density at radius 2 is 1.92 bits per heavy atom. The summed E-state index contributed by atoms with van der Waals surface area (Å²) in [6.45, 7) is 1.90. The average Bonchev–Trinajstić information content (AvgIpc) is 3.14. The molecule has 0 saturated carbocycles. The van der Waals surface area contributed by atoms with Gasteiger partial charge in [0.15, 0.2) is 0 Å². The zero-order valence-electron chi connectivity index (χ0n) is 14.5.